The zero-order valence-electron chi connectivity index (χ0n) is 10.4. The van der Waals surface area contributed by atoms with Gasteiger partial charge in [0.15, 0.2) is 0 Å². The van der Waals surface area contributed by atoms with Gasteiger partial charge in [-0.3, -0.25) is 4.79 Å². The summed E-state index contributed by atoms with van der Waals surface area (Å²) in [5.41, 5.74) is 5.75. The van der Waals surface area contributed by atoms with Crippen molar-refractivity contribution in [1.82, 2.24) is 4.90 Å². The van der Waals surface area contributed by atoms with Gasteiger partial charge in [0.25, 0.3) is 5.91 Å². The molecule has 1 aromatic carbocycles. The van der Waals surface area contributed by atoms with Gasteiger partial charge < -0.3 is 15.4 Å². The molecule has 1 heterocycles. The smallest absolute Gasteiger partial charge is 0.256 e. The lowest BCUT2D eigenvalue weighted by Gasteiger charge is -2.31. The van der Waals surface area contributed by atoms with Crippen molar-refractivity contribution in [3.05, 3.63) is 29.6 Å². The van der Waals surface area contributed by atoms with Gasteiger partial charge in [0.2, 0.25) is 0 Å². The summed E-state index contributed by atoms with van der Waals surface area (Å²) in [4.78, 5) is 13.9. The van der Waals surface area contributed by atoms with Crippen LogP contribution in [0.4, 0.5) is 10.1 Å². The Morgan fingerprint density at radius 1 is 1.44 bits per heavy atom. The number of anilines is 1. The number of carbonyl (C=O) groups is 1. The van der Waals surface area contributed by atoms with Crippen molar-refractivity contribution >= 4 is 11.6 Å². The summed E-state index contributed by atoms with van der Waals surface area (Å²) < 4.78 is 18.6. The van der Waals surface area contributed by atoms with Crippen LogP contribution < -0.4 is 5.73 Å². The Kier molecular flexibility index (Phi) is 3.81. The van der Waals surface area contributed by atoms with Crippen molar-refractivity contribution in [2.45, 2.75) is 18.9 Å². The molecule has 0 aliphatic carbocycles. The van der Waals surface area contributed by atoms with Gasteiger partial charge in [-0.15, -0.1) is 0 Å². The number of halogens is 1. The maximum atomic E-state index is 13.3. The molecule has 1 saturated heterocycles. The summed E-state index contributed by atoms with van der Waals surface area (Å²) in [6.45, 7) is 1.31. The summed E-state index contributed by atoms with van der Waals surface area (Å²) in [6, 6.07) is 4.43. The molecule has 0 saturated carbocycles. The highest BCUT2D eigenvalue weighted by molar-refractivity contribution is 5.99. The Balaban J connectivity index is 2.17. The van der Waals surface area contributed by atoms with Crippen LogP contribution in [-0.2, 0) is 4.74 Å². The van der Waals surface area contributed by atoms with Gasteiger partial charge in [-0.2, -0.15) is 0 Å². The first-order valence-corrected chi connectivity index (χ1v) is 6.00. The molecule has 1 aliphatic rings. The molecule has 5 heteroatoms. The fourth-order valence-corrected chi connectivity index (χ4v) is 2.15. The molecule has 0 radical (unpaired) electrons. The molecule has 2 rings (SSSR count). The summed E-state index contributed by atoms with van der Waals surface area (Å²) in [7, 11) is 1.72. The average Bonchev–Trinajstić information content (AvgIpc) is 2.41. The van der Waals surface area contributed by atoms with E-state index in [-0.39, 0.29) is 23.2 Å². The number of nitrogens with two attached hydrogens (primary N) is 1. The van der Waals surface area contributed by atoms with Gasteiger partial charge >= 0.3 is 0 Å². The van der Waals surface area contributed by atoms with Crippen molar-refractivity contribution in [3.8, 4) is 0 Å². The minimum atomic E-state index is -0.554. The monoisotopic (exact) mass is 252 g/mol. The summed E-state index contributed by atoms with van der Waals surface area (Å²) in [6.07, 6.45) is 1.61. The zero-order chi connectivity index (χ0) is 13.1. The Labute approximate surface area is 106 Å². The lowest BCUT2D eigenvalue weighted by atomic mass is 10.1. The number of carbonyl (C=O) groups excluding carboxylic acids is 1. The fraction of sp³-hybridized carbons (Fsp3) is 0.462. The Hall–Kier alpha value is -1.62. The fourth-order valence-electron chi connectivity index (χ4n) is 2.15. The van der Waals surface area contributed by atoms with Gasteiger partial charge in [0, 0.05) is 26.3 Å². The van der Waals surface area contributed by atoms with E-state index in [1.807, 2.05) is 0 Å². The number of amides is 1. The second kappa shape index (κ2) is 5.35. The van der Waals surface area contributed by atoms with E-state index in [9.17, 15) is 9.18 Å². The molecule has 0 unspecified atom stereocenters. The maximum Gasteiger partial charge on any atom is 0.256 e. The molecule has 98 valence electrons. The Morgan fingerprint density at radius 3 is 2.78 bits per heavy atom. The highest BCUT2D eigenvalue weighted by Gasteiger charge is 2.25. The van der Waals surface area contributed by atoms with Crippen molar-refractivity contribution in [1.29, 1.82) is 0 Å². The standard InChI is InChI=1S/C13H17FN2O2/c1-16(9-5-7-18-8-6-9)13(17)10-3-2-4-11(14)12(10)15/h2-4,9H,5-8,15H2,1H3. The van der Waals surface area contributed by atoms with Crippen LogP contribution in [0, 0.1) is 5.82 Å². The van der Waals surface area contributed by atoms with Crippen LogP contribution in [0.15, 0.2) is 18.2 Å². The van der Waals surface area contributed by atoms with Crippen molar-refractivity contribution < 1.29 is 13.9 Å². The van der Waals surface area contributed by atoms with Gasteiger partial charge in [-0.05, 0) is 25.0 Å². The van der Waals surface area contributed by atoms with Crippen LogP contribution in [0.3, 0.4) is 0 Å². The molecule has 0 atom stereocenters. The van der Waals surface area contributed by atoms with E-state index >= 15 is 0 Å². The maximum absolute atomic E-state index is 13.3. The SMILES string of the molecule is CN(C(=O)c1cccc(F)c1N)C1CCOCC1. The minimum absolute atomic E-state index is 0.0820. The highest BCUT2D eigenvalue weighted by Crippen LogP contribution is 2.20. The van der Waals surface area contributed by atoms with Crippen LogP contribution in [0.2, 0.25) is 0 Å². The van der Waals surface area contributed by atoms with Crippen LogP contribution in [0.25, 0.3) is 0 Å². The van der Waals surface area contributed by atoms with Gasteiger partial charge in [-0.25, -0.2) is 4.39 Å². The molecule has 0 spiro atoms. The van der Waals surface area contributed by atoms with Crippen molar-refractivity contribution in [2.24, 2.45) is 0 Å². The zero-order valence-corrected chi connectivity index (χ0v) is 10.4. The predicted octanol–water partition coefficient (Wildman–Crippen LogP) is 1.66. The van der Waals surface area contributed by atoms with Crippen LogP contribution in [0.1, 0.15) is 23.2 Å². The number of hydrogen-bond acceptors (Lipinski definition) is 3. The summed E-state index contributed by atoms with van der Waals surface area (Å²) in [5, 5.41) is 0. The number of benzene rings is 1. The van der Waals surface area contributed by atoms with Crippen molar-refractivity contribution in [3.63, 3.8) is 0 Å². The first-order valence-electron chi connectivity index (χ1n) is 6.00. The molecule has 1 amide bonds. The Bertz CT molecular complexity index is 445. The van der Waals surface area contributed by atoms with Gasteiger partial charge in [0.1, 0.15) is 5.82 Å². The van der Waals surface area contributed by atoms with Gasteiger partial charge in [0.05, 0.1) is 11.3 Å². The average molecular weight is 252 g/mol. The quantitative estimate of drug-likeness (QED) is 0.814. The number of rotatable bonds is 2. The van der Waals surface area contributed by atoms with E-state index in [2.05, 4.69) is 0 Å². The normalized spacial score (nSPS) is 16.6. The summed E-state index contributed by atoms with van der Waals surface area (Å²) >= 11 is 0. The van der Waals surface area contributed by atoms with Crippen LogP contribution >= 0.6 is 0 Å². The van der Waals surface area contributed by atoms with E-state index in [1.165, 1.54) is 12.1 Å². The summed E-state index contributed by atoms with van der Waals surface area (Å²) in [5.74, 6) is -0.792. The molecule has 2 N–H and O–H groups in total. The highest BCUT2D eigenvalue weighted by atomic mass is 19.1. The van der Waals surface area contributed by atoms with Crippen LogP contribution in [-0.4, -0.2) is 37.1 Å². The molecule has 0 aromatic heterocycles. The van der Waals surface area contributed by atoms with E-state index in [0.29, 0.717) is 13.2 Å². The first-order chi connectivity index (χ1) is 8.61. The Morgan fingerprint density at radius 2 is 2.11 bits per heavy atom. The molecule has 1 aliphatic heterocycles. The van der Waals surface area contributed by atoms with E-state index in [1.54, 1.807) is 18.0 Å². The molecule has 0 bridgehead atoms. The molecule has 4 nitrogen and oxygen atoms in total. The molecule has 1 fully saturated rings. The van der Waals surface area contributed by atoms with Crippen molar-refractivity contribution in [2.75, 3.05) is 26.0 Å². The molecular formula is C13H17FN2O2. The number of nitrogens with zero attached hydrogens (tertiary/aromatic N) is 1. The van der Waals surface area contributed by atoms with E-state index in [0.717, 1.165) is 12.8 Å². The van der Waals surface area contributed by atoms with Gasteiger partial charge in [-0.1, -0.05) is 6.07 Å². The topological polar surface area (TPSA) is 55.6 Å². The lowest BCUT2D eigenvalue weighted by molar-refractivity contribution is 0.0362. The van der Waals surface area contributed by atoms with E-state index in [4.69, 9.17) is 10.5 Å². The number of ether oxygens (including phenoxy) is 1. The minimum Gasteiger partial charge on any atom is -0.396 e. The van der Waals surface area contributed by atoms with E-state index < -0.39 is 5.82 Å². The third kappa shape index (κ3) is 2.46. The van der Waals surface area contributed by atoms with Crippen LogP contribution in [0.5, 0.6) is 0 Å². The largest absolute Gasteiger partial charge is 0.396 e. The third-order valence-electron chi connectivity index (χ3n) is 3.34. The predicted molar refractivity (Wildman–Crippen MR) is 66.7 cm³/mol. The number of nitrogen functional groups attached to an aromatic ring is 1. The first kappa shape index (κ1) is 12.8. The number of hydrogen-bond donors (Lipinski definition) is 1. The molecule has 1 aromatic rings. The molecular weight excluding hydrogens is 235 g/mol. The molecule has 18 heavy (non-hydrogen) atoms. The second-order valence-corrected chi connectivity index (χ2v) is 4.46. The second-order valence-electron chi connectivity index (χ2n) is 4.46. The third-order valence-corrected chi connectivity index (χ3v) is 3.34. The lowest BCUT2D eigenvalue weighted by Crippen LogP contribution is -2.40. The number of para-hydroxylation sites is 1.